The lowest BCUT2D eigenvalue weighted by atomic mass is 10.1. The SMILES string of the molecule is Cc1cccc(Oc2sc([C@H](C)O)cc2[N+](=O)[O-])c1C. The Bertz CT molecular complexity index is 649. The topological polar surface area (TPSA) is 72.6 Å². The quantitative estimate of drug-likeness (QED) is 0.680. The number of hydrogen-bond donors (Lipinski definition) is 1. The molecular weight excluding hydrogens is 278 g/mol. The van der Waals surface area contributed by atoms with Crippen molar-refractivity contribution in [1.82, 2.24) is 0 Å². The molecule has 0 spiro atoms. The van der Waals surface area contributed by atoms with Crippen LogP contribution in [0.3, 0.4) is 0 Å². The Morgan fingerprint density at radius 3 is 2.70 bits per heavy atom. The highest BCUT2D eigenvalue weighted by atomic mass is 32.1. The predicted molar refractivity (Wildman–Crippen MR) is 77.6 cm³/mol. The zero-order valence-corrected chi connectivity index (χ0v) is 12.2. The fraction of sp³-hybridized carbons (Fsp3) is 0.286. The maximum absolute atomic E-state index is 11.1. The van der Waals surface area contributed by atoms with Gasteiger partial charge in [-0.15, -0.1) is 0 Å². The number of aryl methyl sites for hydroxylation is 1. The molecule has 0 aliphatic carbocycles. The second kappa shape index (κ2) is 5.60. The van der Waals surface area contributed by atoms with Crippen LogP contribution < -0.4 is 4.74 Å². The van der Waals surface area contributed by atoms with Crippen LogP contribution in [0.4, 0.5) is 5.69 Å². The van der Waals surface area contributed by atoms with Gasteiger partial charge < -0.3 is 9.84 Å². The summed E-state index contributed by atoms with van der Waals surface area (Å²) in [6.07, 6.45) is -0.755. The summed E-state index contributed by atoms with van der Waals surface area (Å²) in [7, 11) is 0. The van der Waals surface area contributed by atoms with Crippen molar-refractivity contribution in [2.45, 2.75) is 26.9 Å². The molecule has 0 saturated heterocycles. The van der Waals surface area contributed by atoms with E-state index in [4.69, 9.17) is 4.74 Å². The van der Waals surface area contributed by atoms with E-state index in [1.807, 2.05) is 26.0 Å². The Kier molecular flexibility index (Phi) is 4.06. The van der Waals surface area contributed by atoms with Crippen LogP contribution in [0.2, 0.25) is 0 Å². The van der Waals surface area contributed by atoms with Gasteiger partial charge in [0.2, 0.25) is 0 Å². The van der Waals surface area contributed by atoms with Crippen LogP contribution in [-0.4, -0.2) is 10.0 Å². The molecule has 106 valence electrons. The van der Waals surface area contributed by atoms with Crippen LogP contribution in [0.5, 0.6) is 10.8 Å². The number of nitro groups is 1. The van der Waals surface area contributed by atoms with Crippen LogP contribution in [0, 0.1) is 24.0 Å². The molecule has 2 aromatic rings. The summed E-state index contributed by atoms with van der Waals surface area (Å²) in [5.74, 6) is 0.590. The summed E-state index contributed by atoms with van der Waals surface area (Å²) >= 11 is 1.09. The molecule has 1 heterocycles. The van der Waals surface area contributed by atoms with Crippen LogP contribution >= 0.6 is 11.3 Å². The number of thiophene rings is 1. The molecule has 20 heavy (non-hydrogen) atoms. The van der Waals surface area contributed by atoms with Gasteiger partial charge in [-0.2, -0.15) is 0 Å². The van der Waals surface area contributed by atoms with Gasteiger partial charge in [-0.05, 0) is 38.0 Å². The third kappa shape index (κ3) is 2.81. The summed E-state index contributed by atoms with van der Waals surface area (Å²) in [5, 5.41) is 20.8. The third-order valence-corrected chi connectivity index (χ3v) is 4.24. The van der Waals surface area contributed by atoms with E-state index < -0.39 is 11.0 Å². The summed E-state index contributed by atoms with van der Waals surface area (Å²) < 4.78 is 5.68. The first kappa shape index (κ1) is 14.5. The normalized spacial score (nSPS) is 12.2. The van der Waals surface area contributed by atoms with E-state index in [9.17, 15) is 15.2 Å². The minimum Gasteiger partial charge on any atom is -0.440 e. The van der Waals surface area contributed by atoms with Crippen LogP contribution in [0.15, 0.2) is 24.3 Å². The first-order valence-electron chi connectivity index (χ1n) is 6.10. The largest absolute Gasteiger partial charge is 0.440 e. The Labute approximate surface area is 120 Å². The number of aliphatic hydroxyl groups is 1. The summed E-state index contributed by atoms with van der Waals surface area (Å²) in [6, 6.07) is 6.92. The molecule has 0 aliphatic heterocycles. The highest BCUT2D eigenvalue weighted by molar-refractivity contribution is 7.14. The van der Waals surface area contributed by atoms with Gasteiger partial charge in [0.1, 0.15) is 5.75 Å². The molecular formula is C14H15NO4S. The molecule has 1 N–H and O–H groups in total. The molecule has 0 fully saturated rings. The second-order valence-electron chi connectivity index (χ2n) is 4.55. The first-order valence-corrected chi connectivity index (χ1v) is 6.92. The summed E-state index contributed by atoms with van der Waals surface area (Å²) in [5.41, 5.74) is 1.87. The van der Waals surface area contributed by atoms with Crippen molar-refractivity contribution >= 4 is 17.0 Å². The van der Waals surface area contributed by atoms with Gasteiger partial charge in [0.05, 0.1) is 11.0 Å². The molecule has 0 unspecified atom stereocenters. The number of benzene rings is 1. The molecule has 2 rings (SSSR count). The van der Waals surface area contributed by atoms with Crippen LogP contribution in [-0.2, 0) is 0 Å². The molecule has 0 aliphatic rings. The molecule has 6 heteroatoms. The van der Waals surface area contributed by atoms with E-state index in [2.05, 4.69) is 0 Å². The van der Waals surface area contributed by atoms with Crippen molar-refractivity contribution < 1.29 is 14.8 Å². The minimum absolute atomic E-state index is 0.119. The highest BCUT2D eigenvalue weighted by Gasteiger charge is 2.23. The Morgan fingerprint density at radius 2 is 2.10 bits per heavy atom. The van der Waals surface area contributed by atoms with Crippen molar-refractivity contribution in [3.05, 3.63) is 50.4 Å². The molecule has 1 aromatic carbocycles. The van der Waals surface area contributed by atoms with E-state index in [0.717, 1.165) is 22.5 Å². The molecule has 0 saturated carbocycles. The Hall–Kier alpha value is -1.92. The van der Waals surface area contributed by atoms with Crippen molar-refractivity contribution in [2.75, 3.05) is 0 Å². The van der Waals surface area contributed by atoms with Gasteiger partial charge in [-0.25, -0.2) is 0 Å². The van der Waals surface area contributed by atoms with Gasteiger partial charge >= 0.3 is 5.69 Å². The zero-order chi connectivity index (χ0) is 14.9. The number of nitrogens with zero attached hydrogens (tertiary/aromatic N) is 1. The predicted octanol–water partition coefficient (Wildman–Crippen LogP) is 4.12. The van der Waals surface area contributed by atoms with E-state index in [-0.39, 0.29) is 10.8 Å². The fourth-order valence-corrected chi connectivity index (χ4v) is 2.65. The first-order chi connectivity index (χ1) is 9.40. The van der Waals surface area contributed by atoms with E-state index in [1.54, 1.807) is 13.0 Å². The van der Waals surface area contributed by atoms with E-state index >= 15 is 0 Å². The third-order valence-electron chi connectivity index (χ3n) is 3.06. The smallest absolute Gasteiger partial charge is 0.323 e. The van der Waals surface area contributed by atoms with Crippen LogP contribution in [0.1, 0.15) is 29.0 Å². The van der Waals surface area contributed by atoms with Crippen molar-refractivity contribution in [2.24, 2.45) is 0 Å². The lowest BCUT2D eigenvalue weighted by molar-refractivity contribution is -0.385. The molecule has 1 atom stereocenters. The van der Waals surface area contributed by atoms with Crippen molar-refractivity contribution in [3.8, 4) is 10.8 Å². The maximum atomic E-state index is 11.1. The standard InChI is InChI=1S/C14H15NO4S/c1-8-5-4-6-12(9(8)2)19-14-11(15(17)18)7-13(20-14)10(3)16/h4-7,10,16H,1-3H3/t10-/m0/s1. The van der Waals surface area contributed by atoms with Gasteiger partial charge in [-0.3, -0.25) is 10.1 Å². The zero-order valence-electron chi connectivity index (χ0n) is 11.4. The number of rotatable bonds is 4. The second-order valence-corrected chi connectivity index (χ2v) is 5.60. The Balaban J connectivity index is 2.42. The van der Waals surface area contributed by atoms with E-state index in [0.29, 0.717) is 10.6 Å². The molecule has 0 bridgehead atoms. The molecule has 0 radical (unpaired) electrons. The number of ether oxygens (including phenoxy) is 1. The van der Waals surface area contributed by atoms with E-state index in [1.165, 1.54) is 6.07 Å². The lowest BCUT2D eigenvalue weighted by Gasteiger charge is -2.08. The molecule has 1 aromatic heterocycles. The molecule has 5 nitrogen and oxygen atoms in total. The fourth-order valence-electron chi connectivity index (χ4n) is 1.72. The van der Waals surface area contributed by atoms with Gasteiger partial charge in [0.15, 0.2) is 0 Å². The number of aliphatic hydroxyl groups excluding tert-OH is 1. The Morgan fingerprint density at radius 1 is 1.40 bits per heavy atom. The van der Waals surface area contributed by atoms with Crippen molar-refractivity contribution in [3.63, 3.8) is 0 Å². The maximum Gasteiger partial charge on any atom is 0.323 e. The molecule has 0 amide bonds. The van der Waals surface area contributed by atoms with Crippen molar-refractivity contribution in [1.29, 1.82) is 0 Å². The van der Waals surface area contributed by atoms with Gasteiger partial charge in [0.25, 0.3) is 5.06 Å². The van der Waals surface area contributed by atoms with Gasteiger partial charge in [0, 0.05) is 10.9 Å². The lowest BCUT2D eigenvalue weighted by Crippen LogP contribution is -1.92. The minimum atomic E-state index is -0.755. The monoisotopic (exact) mass is 293 g/mol. The van der Waals surface area contributed by atoms with Gasteiger partial charge in [-0.1, -0.05) is 23.5 Å². The summed E-state index contributed by atoms with van der Waals surface area (Å²) in [4.78, 5) is 11.1. The highest BCUT2D eigenvalue weighted by Crippen LogP contribution is 2.42. The van der Waals surface area contributed by atoms with Crippen LogP contribution in [0.25, 0.3) is 0 Å². The summed E-state index contributed by atoms with van der Waals surface area (Å²) in [6.45, 7) is 5.42. The average Bonchev–Trinajstić information content (AvgIpc) is 2.79. The number of hydrogen-bond acceptors (Lipinski definition) is 5. The average molecular weight is 293 g/mol.